The van der Waals surface area contributed by atoms with Gasteiger partial charge in [-0.2, -0.15) is 0 Å². The van der Waals surface area contributed by atoms with Gasteiger partial charge in [-0.15, -0.1) is 0 Å². The third kappa shape index (κ3) is 1.42. The van der Waals surface area contributed by atoms with E-state index in [-0.39, 0.29) is 0 Å². The first-order valence-corrected chi connectivity index (χ1v) is 2.93. The smallest absolute Gasteiger partial charge is 0.0950 e. The molecule has 2 nitrogen and oxygen atoms in total. The lowest BCUT2D eigenvalue weighted by molar-refractivity contribution is 0.913. The first-order valence-electron chi connectivity index (χ1n) is 2.93. The highest BCUT2D eigenvalue weighted by Crippen LogP contribution is 1.95. The van der Waals surface area contributed by atoms with E-state index < -0.39 is 0 Å². The predicted octanol–water partition coefficient (Wildman–Crippen LogP) is 1.45. The van der Waals surface area contributed by atoms with Crippen LogP contribution in [0.4, 0.5) is 0 Å². The van der Waals surface area contributed by atoms with Crippen molar-refractivity contribution in [2.24, 2.45) is 7.05 Å². The van der Waals surface area contributed by atoms with Gasteiger partial charge in [0.05, 0.1) is 12.0 Å². The molecule has 0 fully saturated rings. The van der Waals surface area contributed by atoms with Gasteiger partial charge in [0.15, 0.2) is 0 Å². The van der Waals surface area contributed by atoms with Crippen LogP contribution in [0, 0.1) is 0 Å². The molecule has 2 heteroatoms. The van der Waals surface area contributed by atoms with Crippen molar-refractivity contribution in [2.75, 3.05) is 0 Å². The Morgan fingerprint density at radius 2 is 2.44 bits per heavy atom. The molecule has 0 amide bonds. The average molecular weight is 122 g/mol. The molecule has 0 unspecified atom stereocenters. The fraction of sp³-hybridized carbons (Fsp3) is 0.286. The second kappa shape index (κ2) is 2.49. The van der Waals surface area contributed by atoms with Gasteiger partial charge in [-0.05, 0) is 13.0 Å². The fourth-order valence-electron chi connectivity index (χ4n) is 0.690. The van der Waals surface area contributed by atoms with Crippen molar-refractivity contribution in [3.05, 3.63) is 24.3 Å². The van der Waals surface area contributed by atoms with Crippen LogP contribution < -0.4 is 0 Å². The maximum absolute atomic E-state index is 4.08. The van der Waals surface area contributed by atoms with Crippen LogP contribution in [0.2, 0.25) is 0 Å². The number of nitrogens with zero attached hydrogens (tertiary/aromatic N) is 2. The third-order valence-corrected chi connectivity index (χ3v) is 1.06. The van der Waals surface area contributed by atoms with Crippen LogP contribution in [0.3, 0.4) is 0 Å². The van der Waals surface area contributed by atoms with Gasteiger partial charge in [0.2, 0.25) is 0 Å². The maximum Gasteiger partial charge on any atom is 0.0950 e. The molecule has 9 heavy (non-hydrogen) atoms. The highest BCUT2D eigenvalue weighted by Gasteiger charge is 1.86. The topological polar surface area (TPSA) is 17.8 Å². The van der Waals surface area contributed by atoms with E-state index in [0.29, 0.717) is 0 Å². The molecule has 0 radical (unpaired) electrons. The number of hydrogen-bond acceptors (Lipinski definition) is 1. The molecule has 0 aliphatic carbocycles. The molecule has 0 atom stereocenters. The summed E-state index contributed by atoms with van der Waals surface area (Å²) in [6.07, 6.45) is 7.71. The summed E-state index contributed by atoms with van der Waals surface area (Å²) in [5, 5.41) is 0. The molecule has 48 valence electrons. The number of imidazole rings is 1. The summed E-state index contributed by atoms with van der Waals surface area (Å²) in [4.78, 5) is 4.08. The minimum Gasteiger partial charge on any atom is -0.340 e. The molecular formula is C7H10N2. The minimum atomic E-state index is 1.01. The van der Waals surface area contributed by atoms with Gasteiger partial charge in [-0.25, -0.2) is 4.98 Å². The van der Waals surface area contributed by atoms with Crippen LogP contribution >= 0.6 is 0 Å². The lowest BCUT2D eigenvalue weighted by Crippen LogP contribution is -1.76. The number of hydrogen-bond donors (Lipinski definition) is 0. The Labute approximate surface area is 54.8 Å². The zero-order chi connectivity index (χ0) is 6.69. The Balaban J connectivity index is 2.85. The molecule has 0 bridgehead atoms. The number of aryl methyl sites for hydroxylation is 1. The van der Waals surface area contributed by atoms with Crippen LogP contribution in [-0.4, -0.2) is 9.55 Å². The summed E-state index contributed by atoms with van der Waals surface area (Å²) in [7, 11) is 1.96. The Kier molecular flexibility index (Phi) is 1.68. The Bertz CT molecular complexity index is 210. The average Bonchev–Trinajstić information content (AvgIpc) is 2.17. The molecule has 1 rings (SSSR count). The Morgan fingerprint density at radius 3 is 2.89 bits per heavy atom. The first-order chi connectivity index (χ1) is 4.33. The minimum absolute atomic E-state index is 1.01. The fourth-order valence-corrected chi connectivity index (χ4v) is 0.690. The molecule has 0 spiro atoms. The van der Waals surface area contributed by atoms with Crippen molar-refractivity contribution in [2.45, 2.75) is 6.92 Å². The quantitative estimate of drug-likeness (QED) is 0.551. The number of allylic oxidation sites excluding steroid dienone is 1. The highest BCUT2D eigenvalue weighted by atomic mass is 15.0. The van der Waals surface area contributed by atoms with Gasteiger partial charge in [0, 0.05) is 13.2 Å². The van der Waals surface area contributed by atoms with Crippen molar-refractivity contribution < 1.29 is 0 Å². The van der Waals surface area contributed by atoms with E-state index >= 15 is 0 Å². The number of aromatic nitrogens is 2. The molecule has 0 aromatic carbocycles. The molecule has 1 aromatic heterocycles. The van der Waals surface area contributed by atoms with Gasteiger partial charge in [0.25, 0.3) is 0 Å². The Hall–Kier alpha value is -1.05. The highest BCUT2D eigenvalue weighted by molar-refractivity contribution is 5.42. The van der Waals surface area contributed by atoms with Gasteiger partial charge in [-0.3, -0.25) is 0 Å². The summed E-state index contributed by atoms with van der Waals surface area (Å²) in [5.74, 6) is 0. The zero-order valence-corrected chi connectivity index (χ0v) is 5.70. The van der Waals surface area contributed by atoms with Gasteiger partial charge < -0.3 is 4.57 Å². The monoisotopic (exact) mass is 122 g/mol. The standard InChI is InChI=1S/C7H10N2/c1-3-4-7-5-9(2)6-8-7/h3-6H,1-2H3/b4-3+. The van der Waals surface area contributed by atoms with E-state index in [4.69, 9.17) is 0 Å². The van der Waals surface area contributed by atoms with Crippen molar-refractivity contribution in [3.8, 4) is 0 Å². The van der Waals surface area contributed by atoms with E-state index in [1.807, 2.05) is 36.9 Å². The van der Waals surface area contributed by atoms with Crippen molar-refractivity contribution in [3.63, 3.8) is 0 Å². The Morgan fingerprint density at radius 1 is 1.67 bits per heavy atom. The summed E-state index contributed by atoms with van der Waals surface area (Å²) in [6.45, 7) is 1.98. The maximum atomic E-state index is 4.08. The van der Waals surface area contributed by atoms with Crippen LogP contribution in [-0.2, 0) is 7.05 Å². The summed E-state index contributed by atoms with van der Waals surface area (Å²) >= 11 is 0. The van der Waals surface area contributed by atoms with Gasteiger partial charge in [-0.1, -0.05) is 6.08 Å². The van der Waals surface area contributed by atoms with Gasteiger partial charge >= 0.3 is 0 Å². The van der Waals surface area contributed by atoms with Gasteiger partial charge in [0.1, 0.15) is 0 Å². The lowest BCUT2D eigenvalue weighted by atomic mass is 10.4. The molecule has 0 N–H and O–H groups in total. The molecule has 1 aromatic rings. The second-order valence-corrected chi connectivity index (χ2v) is 1.96. The lowest BCUT2D eigenvalue weighted by Gasteiger charge is -1.79. The largest absolute Gasteiger partial charge is 0.340 e. The number of rotatable bonds is 1. The molecule has 0 saturated carbocycles. The van der Waals surface area contributed by atoms with Crippen molar-refractivity contribution in [1.29, 1.82) is 0 Å². The van der Waals surface area contributed by atoms with E-state index in [0.717, 1.165) is 5.69 Å². The second-order valence-electron chi connectivity index (χ2n) is 1.96. The van der Waals surface area contributed by atoms with Crippen LogP contribution in [0.5, 0.6) is 0 Å². The summed E-state index contributed by atoms with van der Waals surface area (Å²) in [6, 6.07) is 0. The normalized spacial score (nSPS) is 10.9. The van der Waals surface area contributed by atoms with Crippen LogP contribution in [0.25, 0.3) is 6.08 Å². The first kappa shape index (κ1) is 6.08. The van der Waals surface area contributed by atoms with E-state index in [2.05, 4.69) is 4.98 Å². The van der Waals surface area contributed by atoms with E-state index in [1.54, 1.807) is 6.33 Å². The van der Waals surface area contributed by atoms with E-state index in [1.165, 1.54) is 0 Å². The molecule has 0 saturated heterocycles. The molecule has 0 aliphatic heterocycles. The van der Waals surface area contributed by atoms with Crippen LogP contribution in [0.1, 0.15) is 12.6 Å². The molecular weight excluding hydrogens is 112 g/mol. The third-order valence-electron chi connectivity index (χ3n) is 1.06. The van der Waals surface area contributed by atoms with Crippen molar-refractivity contribution in [1.82, 2.24) is 9.55 Å². The predicted molar refractivity (Wildman–Crippen MR) is 37.9 cm³/mol. The molecule has 1 heterocycles. The van der Waals surface area contributed by atoms with Crippen LogP contribution in [0.15, 0.2) is 18.6 Å². The van der Waals surface area contributed by atoms with E-state index in [9.17, 15) is 0 Å². The SMILES string of the molecule is C/C=C/c1cn(C)cn1. The summed E-state index contributed by atoms with van der Waals surface area (Å²) in [5.41, 5.74) is 1.01. The van der Waals surface area contributed by atoms with Crippen molar-refractivity contribution >= 4 is 6.08 Å². The zero-order valence-electron chi connectivity index (χ0n) is 5.70. The molecule has 0 aliphatic rings. The summed E-state index contributed by atoms with van der Waals surface area (Å²) < 4.78 is 1.93.